The SMILES string of the molecule is COc1c(-c2ccc3oc(C=O)cc3c2)cc(C(C)C)cc1C(C)C. The van der Waals surface area contributed by atoms with Gasteiger partial charge in [-0.1, -0.05) is 39.8 Å². The lowest BCUT2D eigenvalue weighted by Gasteiger charge is -2.20. The van der Waals surface area contributed by atoms with Gasteiger partial charge in [-0.2, -0.15) is 0 Å². The number of hydrogen-bond donors (Lipinski definition) is 0. The fourth-order valence-corrected chi connectivity index (χ4v) is 3.17. The molecule has 1 aromatic heterocycles. The molecule has 0 aliphatic rings. The maximum atomic E-state index is 11.0. The van der Waals surface area contributed by atoms with E-state index >= 15 is 0 Å². The van der Waals surface area contributed by atoms with Gasteiger partial charge in [0.2, 0.25) is 0 Å². The van der Waals surface area contributed by atoms with Crippen LogP contribution in [0.5, 0.6) is 5.75 Å². The lowest BCUT2D eigenvalue weighted by Crippen LogP contribution is -2.00. The molecule has 0 N–H and O–H groups in total. The lowest BCUT2D eigenvalue weighted by atomic mass is 9.89. The van der Waals surface area contributed by atoms with E-state index < -0.39 is 0 Å². The topological polar surface area (TPSA) is 39.4 Å². The van der Waals surface area contributed by atoms with Crippen LogP contribution in [0, 0.1) is 0 Å². The Bertz CT molecular complexity index is 916. The number of ether oxygens (including phenoxy) is 1. The van der Waals surface area contributed by atoms with Crippen LogP contribution < -0.4 is 4.74 Å². The van der Waals surface area contributed by atoms with Crippen LogP contribution >= 0.6 is 0 Å². The highest BCUT2D eigenvalue weighted by molar-refractivity contribution is 5.89. The van der Waals surface area contributed by atoms with Crippen LogP contribution in [0.15, 0.2) is 40.8 Å². The zero-order valence-corrected chi connectivity index (χ0v) is 15.4. The molecule has 0 saturated carbocycles. The summed E-state index contributed by atoms with van der Waals surface area (Å²) < 4.78 is 11.3. The third-order valence-electron chi connectivity index (χ3n) is 4.60. The van der Waals surface area contributed by atoms with Gasteiger partial charge in [0.25, 0.3) is 0 Å². The van der Waals surface area contributed by atoms with E-state index in [1.807, 2.05) is 12.1 Å². The highest BCUT2D eigenvalue weighted by atomic mass is 16.5. The first kappa shape index (κ1) is 17.3. The van der Waals surface area contributed by atoms with Crippen molar-refractivity contribution in [3.05, 3.63) is 53.3 Å². The molecule has 25 heavy (non-hydrogen) atoms. The fraction of sp³-hybridized carbons (Fsp3) is 0.318. The predicted molar refractivity (Wildman–Crippen MR) is 102 cm³/mol. The summed E-state index contributed by atoms with van der Waals surface area (Å²) in [6, 6.07) is 12.2. The van der Waals surface area contributed by atoms with Gasteiger partial charge in [-0.25, -0.2) is 0 Å². The fourth-order valence-electron chi connectivity index (χ4n) is 3.17. The monoisotopic (exact) mass is 336 g/mol. The molecule has 3 heteroatoms. The number of benzene rings is 2. The molecule has 0 fully saturated rings. The normalized spacial score (nSPS) is 11.5. The maximum absolute atomic E-state index is 11.0. The second-order valence-corrected chi connectivity index (χ2v) is 7.02. The predicted octanol–water partition coefficient (Wildman–Crippen LogP) is 6.17. The molecule has 0 atom stereocenters. The summed E-state index contributed by atoms with van der Waals surface area (Å²) >= 11 is 0. The molecule has 0 unspecified atom stereocenters. The first-order valence-corrected chi connectivity index (χ1v) is 8.65. The average molecular weight is 336 g/mol. The van der Waals surface area contributed by atoms with Gasteiger partial charge in [-0.3, -0.25) is 4.79 Å². The Morgan fingerprint density at radius 3 is 2.36 bits per heavy atom. The van der Waals surface area contributed by atoms with E-state index in [1.54, 1.807) is 13.2 Å². The van der Waals surface area contributed by atoms with E-state index in [0.29, 0.717) is 23.2 Å². The summed E-state index contributed by atoms with van der Waals surface area (Å²) in [6.07, 6.45) is 0.733. The molecule has 0 spiro atoms. The minimum atomic E-state index is 0.345. The van der Waals surface area contributed by atoms with Crippen molar-refractivity contribution in [2.45, 2.75) is 39.5 Å². The van der Waals surface area contributed by atoms with Crippen molar-refractivity contribution in [2.75, 3.05) is 7.11 Å². The van der Waals surface area contributed by atoms with Crippen molar-refractivity contribution < 1.29 is 13.9 Å². The third-order valence-corrected chi connectivity index (χ3v) is 4.60. The number of furan rings is 1. The van der Waals surface area contributed by atoms with E-state index in [9.17, 15) is 4.79 Å². The van der Waals surface area contributed by atoms with Crippen LogP contribution in [-0.2, 0) is 0 Å². The van der Waals surface area contributed by atoms with Gasteiger partial charge >= 0.3 is 0 Å². The Labute approximate surface area is 148 Å². The molecule has 2 aromatic carbocycles. The molecule has 0 aliphatic carbocycles. The molecule has 0 radical (unpaired) electrons. The highest BCUT2D eigenvalue weighted by Crippen LogP contribution is 2.40. The number of aldehydes is 1. The van der Waals surface area contributed by atoms with Crippen molar-refractivity contribution in [3.63, 3.8) is 0 Å². The average Bonchev–Trinajstić information content (AvgIpc) is 3.02. The van der Waals surface area contributed by atoms with Gasteiger partial charge in [0.1, 0.15) is 11.3 Å². The molecular formula is C22H24O3. The second kappa shape index (κ2) is 6.75. The Morgan fingerprint density at radius 1 is 1.00 bits per heavy atom. The zero-order valence-electron chi connectivity index (χ0n) is 15.4. The van der Waals surface area contributed by atoms with Crippen molar-refractivity contribution in [2.24, 2.45) is 0 Å². The molecule has 130 valence electrons. The van der Waals surface area contributed by atoms with Crippen molar-refractivity contribution in [3.8, 4) is 16.9 Å². The zero-order chi connectivity index (χ0) is 18.1. The summed E-state index contributed by atoms with van der Waals surface area (Å²) in [7, 11) is 1.72. The molecule has 0 aliphatic heterocycles. The van der Waals surface area contributed by atoms with Crippen molar-refractivity contribution in [1.82, 2.24) is 0 Å². The van der Waals surface area contributed by atoms with Crippen molar-refractivity contribution >= 4 is 17.3 Å². The maximum Gasteiger partial charge on any atom is 0.185 e. The van der Waals surface area contributed by atoms with Gasteiger partial charge in [-0.15, -0.1) is 0 Å². The minimum absolute atomic E-state index is 0.345. The van der Waals surface area contributed by atoms with Crippen LogP contribution in [0.2, 0.25) is 0 Å². The largest absolute Gasteiger partial charge is 0.496 e. The van der Waals surface area contributed by atoms with Gasteiger partial charge in [0.05, 0.1) is 7.11 Å². The number of carbonyl (C=O) groups is 1. The summed E-state index contributed by atoms with van der Waals surface area (Å²) in [4.78, 5) is 11.0. The molecule has 1 heterocycles. The molecule has 0 saturated heterocycles. The number of methoxy groups -OCH3 is 1. The van der Waals surface area contributed by atoms with Gasteiger partial charge in [-0.05, 0) is 52.8 Å². The van der Waals surface area contributed by atoms with Crippen LogP contribution in [0.1, 0.15) is 61.2 Å². The first-order chi connectivity index (χ1) is 11.9. The number of hydrogen-bond acceptors (Lipinski definition) is 3. The van der Waals surface area contributed by atoms with Gasteiger partial charge < -0.3 is 9.15 Å². The highest BCUT2D eigenvalue weighted by Gasteiger charge is 2.17. The standard InChI is InChI=1S/C22H24O3/c1-13(2)16-10-19(14(3)4)22(24-5)20(11-16)15-6-7-21-17(8-15)9-18(12-23)25-21/h6-14H,1-5H3. The van der Waals surface area contributed by atoms with Crippen LogP contribution in [0.4, 0.5) is 0 Å². The van der Waals surface area contributed by atoms with Gasteiger partial charge in [0, 0.05) is 10.9 Å². The van der Waals surface area contributed by atoms with Crippen LogP contribution in [0.25, 0.3) is 22.1 Å². The number of carbonyl (C=O) groups excluding carboxylic acids is 1. The van der Waals surface area contributed by atoms with Gasteiger partial charge in [0.15, 0.2) is 12.0 Å². The summed E-state index contributed by atoms with van der Waals surface area (Å²) in [5, 5.41) is 0.919. The summed E-state index contributed by atoms with van der Waals surface area (Å²) in [6.45, 7) is 8.76. The van der Waals surface area contributed by atoms with Crippen LogP contribution in [0.3, 0.4) is 0 Å². The lowest BCUT2D eigenvalue weighted by molar-refractivity contribution is 0.110. The van der Waals surface area contributed by atoms with E-state index in [0.717, 1.165) is 28.5 Å². The Hall–Kier alpha value is -2.55. The number of fused-ring (bicyclic) bond motifs is 1. The third kappa shape index (κ3) is 3.19. The molecule has 0 amide bonds. The molecule has 0 bridgehead atoms. The number of rotatable bonds is 5. The molecular weight excluding hydrogens is 312 g/mol. The van der Waals surface area contributed by atoms with E-state index in [4.69, 9.17) is 9.15 Å². The quantitative estimate of drug-likeness (QED) is 0.523. The van der Waals surface area contributed by atoms with E-state index in [-0.39, 0.29) is 0 Å². The first-order valence-electron chi connectivity index (χ1n) is 8.65. The molecule has 3 rings (SSSR count). The van der Waals surface area contributed by atoms with Crippen LogP contribution in [-0.4, -0.2) is 13.4 Å². The Morgan fingerprint density at radius 2 is 1.76 bits per heavy atom. The van der Waals surface area contributed by atoms with Crippen molar-refractivity contribution in [1.29, 1.82) is 0 Å². The molecule has 3 nitrogen and oxygen atoms in total. The summed E-state index contributed by atoms with van der Waals surface area (Å²) in [5.74, 6) is 2.06. The van der Waals surface area contributed by atoms with E-state index in [2.05, 4.69) is 45.9 Å². The smallest absolute Gasteiger partial charge is 0.185 e. The Kier molecular flexibility index (Phi) is 4.67. The second-order valence-electron chi connectivity index (χ2n) is 7.02. The Balaban J connectivity index is 2.25. The van der Waals surface area contributed by atoms with E-state index in [1.165, 1.54) is 11.1 Å². The summed E-state index contributed by atoms with van der Waals surface area (Å²) in [5.41, 5.74) is 5.36. The minimum Gasteiger partial charge on any atom is -0.496 e. The molecule has 3 aromatic rings.